The molecule has 0 aliphatic carbocycles. The van der Waals surface area contributed by atoms with Crippen LogP contribution in [-0.4, -0.2) is 61.4 Å². The molecule has 3 heterocycles. The fourth-order valence-electron chi connectivity index (χ4n) is 3.55. The fraction of sp³-hybridized carbons (Fsp3) is 0.550. The van der Waals surface area contributed by atoms with Crippen LogP contribution in [0.2, 0.25) is 0 Å². The zero-order valence-corrected chi connectivity index (χ0v) is 16.5. The number of rotatable bonds is 2. The van der Waals surface area contributed by atoms with Gasteiger partial charge in [-0.1, -0.05) is 18.2 Å². The Kier molecular flexibility index (Phi) is 4.25. The van der Waals surface area contributed by atoms with Gasteiger partial charge < -0.3 is 19.1 Å². The third-order valence-electron chi connectivity index (χ3n) is 6.07. The van der Waals surface area contributed by atoms with Gasteiger partial charge in [-0.15, -0.1) is 0 Å². The molecular weight excluding hydrogens is 325 g/mol. The fourth-order valence-corrected chi connectivity index (χ4v) is 3.55. The molecule has 0 unspecified atom stereocenters. The average Bonchev–Trinajstić information content (AvgIpc) is 2.82. The van der Waals surface area contributed by atoms with Crippen LogP contribution in [0.4, 0.5) is 5.82 Å². The third-order valence-corrected chi connectivity index (χ3v) is 6.07. The van der Waals surface area contributed by atoms with Crippen molar-refractivity contribution in [2.45, 2.75) is 38.9 Å². The van der Waals surface area contributed by atoms with E-state index in [9.17, 15) is 0 Å². The summed E-state index contributed by atoms with van der Waals surface area (Å²) in [6.45, 7) is 12.5. The number of aromatic nitrogens is 1. The Hall–Kier alpha value is -1.63. The number of fused-ring (bicyclic) bond motifs is 1. The van der Waals surface area contributed by atoms with Gasteiger partial charge in [0.15, 0.2) is 0 Å². The van der Waals surface area contributed by atoms with E-state index in [0.29, 0.717) is 0 Å². The summed E-state index contributed by atoms with van der Waals surface area (Å²) in [4.78, 5) is 9.64. The molecule has 5 nitrogen and oxygen atoms in total. The van der Waals surface area contributed by atoms with E-state index in [4.69, 9.17) is 14.3 Å². The molecule has 0 spiro atoms. The molecule has 26 heavy (non-hydrogen) atoms. The Morgan fingerprint density at radius 3 is 2.23 bits per heavy atom. The molecule has 4 rings (SSSR count). The van der Waals surface area contributed by atoms with Gasteiger partial charge >= 0.3 is 7.12 Å². The maximum atomic E-state index is 6.34. The van der Waals surface area contributed by atoms with Crippen molar-refractivity contribution in [3.8, 4) is 0 Å². The van der Waals surface area contributed by atoms with Crippen molar-refractivity contribution in [3.05, 3.63) is 30.3 Å². The third kappa shape index (κ3) is 3.00. The standard InChI is InChI=1S/C20H28BN3O2/c1-19(2)20(3,4)26-21(25-19)16-14-18(24-12-10-23(5)11-13-24)22-17-9-7-6-8-15(16)17/h6-9,14H,10-13H2,1-5H3. The van der Waals surface area contributed by atoms with Gasteiger partial charge in [0, 0.05) is 31.6 Å². The number of nitrogens with zero attached hydrogens (tertiary/aromatic N) is 3. The number of benzene rings is 1. The number of hydrogen-bond donors (Lipinski definition) is 0. The maximum absolute atomic E-state index is 6.34. The van der Waals surface area contributed by atoms with Crippen molar-refractivity contribution in [2.75, 3.05) is 38.1 Å². The molecule has 2 fully saturated rings. The molecule has 0 radical (unpaired) electrons. The van der Waals surface area contributed by atoms with Gasteiger partial charge in [0.1, 0.15) is 5.82 Å². The molecule has 0 N–H and O–H groups in total. The first-order chi connectivity index (χ1) is 12.3. The highest BCUT2D eigenvalue weighted by Crippen LogP contribution is 2.37. The summed E-state index contributed by atoms with van der Waals surface area (Å²) < 4.78 is 12.7. The zero-order chi connectivity index (χ0) is 18.5. The summed E-state index contributed by atoms with van der Waals surface area (Å²) in [7, 11) is 1.79. The van der Waals surface area contributed by atoms with Crippen molar-refractivity contribution in [1.82, 2.24) is 9.88 Å². The Labute approximate surface area is 156 Å². The van der Waals surface area contributed by atoms with Crippen LogP contribution in [0, 0.1) is 0 Å². The van der Waals surface area contributed by atoms with Gasteiger partial charge in [-0.25, -0.2) is 4.98 Å². The van der Waals surface area contributed by atoms with Gasteiger partial charge in [-0.05, 0) is 52.3 Å². The number of pyridine rings is 1. The number of para-hydroxylation sites is 1. The van der Waals surface area contributed by atoms with Gasteiger partial charge in [0.25, 0.3) is 0 Å². The topological polar surface area (TPSA) is 37.8 Å². The van der Waals surface area contributed by atoms with Crippen molar-refractivity contribution in [2.24, 2.45) is 0 Å². The first-order valence-corrected chi connectivity index (χ1v) is 9.46. The Morgan fingerprint density at radius 2 is 1.58 bits per heavy atom. The molecule has 0 amide bonds. The largest absolute Gasteiger partial charge is 0.495 e. The predicted molar refractivity (Wildman–Crippen MR) is 107 cm³/mol. The second-order valence-corrected chi connectivity index (χ2v) is 8.47. The van der Waals surface area contributed by atoms with Crippen LogP contribution < -0.4 is 10.4 Å². The minimum absolute atomic E-state index is 0.351. The highest BCUT2D eigenvalue weighted by atomic mass is 16.7. The second kappa shape index (κ2) is 6.22. The summed E-state index contributed by atoms with van der Waals surface area (Å²) in [6.07, 6.45) is 0. The Bertz CT molecular complexity index is 800. The molecule has 2 aliphatic heterocycles. The van der Waals surface area contributed by atoms with Crippen molar-refractivity contribution >= 4 is 29.3 Å². The van der Waals surface area contributed by atoms with E-state index in [1.165, 1.54) is 0 Å². The number of anilines is 1. The summed E-state index contributed by atoms with van der Waals surface area (Å²) in [5.41, 5.74) is 1.36. The summed E-state index contributed by atoms with van der Waals surface area (Å²) in [5, 5.41) is 1.10. The number of piperazine rings is 1. The van der Waals surface area contributed by atoms with Crippen molar-refractivity contribution < 1.29 is 9.31 Å². The van der Waals surface area contributed by atoms with Gasteiger partial charge in [-0.2, -0.15) is 0 Å². The molecule has 2 saturated heterocycles. The lowest BCUT2D eigenvalue weighted by Crippen LogP contribution is -2.45. The van der Waals surface area contributed by atoms with Crippen LogP contribution in [0.3, 0.4) is 0 Å². The van der Waals surface area contributed by atoms with Crippen LogP contribution in [0.15, 0.2) is 30.3 Å². The van der Waals surface area contributed by atoms with Gasteiger partial charge in [0.05, 0.1) is 16.7 Å². The van der Waals surface area contributed by atoms with E-state index in [0.717, 1.165) is 48.4 Å². The molecule has 0 saturated carbocycles. The van der Waals surface area contributed by atoms with Crippen LogP contribution in [0.5, 0.6) is 0 Å². The van der Waals surface area contributed by atoms with Gasteiger partial charge in [-0.3, -0.25) is 0 Å². The van der Waals surface area contributed by atoms with Crippen molar-refractivity contribution in [1.29, 1.82) is 0 Å². The number of hydrogen-bond acceptors (Lipinski definition) is 5. The molecule has 2 aliphatic rings. The molecule has 6 heteroatoms. The minimum Gasteiger partial charge on any atom is -0.399 e. The molecule has 2 aromatic rings. The lowest BCUT2D eigenvalue weighted by molar-refractivity contribution is 0.00578. The highest BCUT2D eigenvalue weighted by Gasteiger charge is 2.52. The first kappa shape index (κ1) is 17.8. The van der Waals surface area contributed by atoms with E-state index in [1.807, 2.05) is 12.1 Å². The number of likely N-dealkylation sites (N-methyl/N-ethyl adjacent to an activating group) is 1. The molecule has 0 atom stereocenters. The predicted octanol–water partition coefficient (Wildman–Crippen LogP) is 2.29. The van der Waals surface area contributed by atoms with E-state index >= 15 is 0 Å². The highest BCUT2D eigenvalue weighted by molar-refractivity contribution is 6.65. The molecule has 0 bridgehead atoms. The Balaban J connectivity index is 1.76. The molecule has 1 aromatic carbocycles. The lowest BCUT2D eigenvalue weighted by Gasteiger charge is -2.33. The summed E-state index contributed by atoms with van der Waals surface area (Å²) in [5.74, 6) is 1.02. The smallest absolute Gasteiger partial charge is 0.399 e. The van der Waals surface area contributed by atoms with E-state index < -0.39 is 0 Å². The SMILES string of the molecule is CN1CCN(c2cc(B3OC(C)(C)C(C)(C)O3)c3ccccc3n2)CC1. The first-order valence-electron chi connectivity index (χ1n) is 9.46. The lowest BCUT2D eigenvalue weighted by atomic mass is 9.77. The Morgan fingerprint density at radius 1 is 0.962 bits per heavy atom. The van der Waals surface area contributed by atoms with Gasteiger partial charge in [0.2, 0.25) is 0 Å². The average molecular weight is 353 g/mol. The van der Waals surface area contributed by atoms with Crippen LogP contribution in [0.1, 0.15) is 27.7 Å². The zero-order valence-electron chi connectivity index (χ0n) is 16.5. The van der Waals surface area contributed by atoms with E-state index in [-0.39, 0.29) is 18.3 Å². The van der Waals surface area contributed by atoms with E-state index in [2.05, 4.69) is 62.7 Å². The van der Waals surface area contributed by atoms with Crippen LogP contribution in [-0.2, 0) is 9.31 Å². The van der Waals surface area contributed by atoms with Crippen LogP contribution >= 0.6 is 0 Å². The molecule has 138 valence electrons. The summed E-state index contributed by atoms with van der Waals surface area (Å²) >= 11 is 0. The van der Waals surface area contributed by atoms with Crippen molar-refractivity contribution in [3.63, 3.8) is 0 Å². The van der Waals surface area contributed by atoms with Crippen LogP contribution in [0.25, 0.3) is 10.9 Å². The molecular formula is C20H28BN3O2. The minimum atomic E-state index is -0.376. The maximum Gasteiger partial charge on any atom is 0.495 e. The normalized spacial score (nSPS) is 23.0. The van der Waals surface area contributed by atoms with E-state index in [1.54, 1.807) is 0 Å². The summed E-state index contributed by atoms with van der Waals surface area (Å²) in [6, 6.07) is 10.4. The second-order valence-electron chi connectivity index (χ2n) is 8.47. The quantitative estimate of drug-likeness (QED) is 0.775. The molecule has 1 aromatic heterocycles. The monoisotopic (exact) mass is 353 g/mol.